The van der Waals surface area contributed by atoms with Crippen LogP contribution in [0.15, 0.2) is 42.5 Å². The Bertz CT molecular complexity index is 714. The number of nitrogens with one attached hydrogen (secondary N) is 2. The van der Waals surface area contributed by atoms with Crippen molar-refractivity contribution < 1.29 is 9.59 Å². The summed E-state index contributed by atoms with van der Waals surface area (Å²) >= 11 is 5.92. The zero-order valence-electron chi connectivity index (χ0n) is 12.4. The smallest absolute Gasteiger partial charge is 0.228 e. The van der Waals surface area contributed by atoms with Crippen molar-refractivity contribution in [1.82, 2.24) is 0 Å². The second-order valence-electron chi connectivity index (χ2n) is 5.09. The molecule has 0 aromatic heterocycles. The van der Waals surface area contributed by atoms with Gasteiger partial charge in [0.1, 0.15) is 0 Å². The molecule has 0 unspecified atom stereocenters. The van der Waals surface area contributed by atoms with Gasteiger partial charge in [-0.05, 0) is 30.7 Å². The summed E-state index contributed by atoms with van der Waals surface area (Å²) in [5, 5.41) is 5.94. The molecule has 114 valence electrons. The third-order valence-corrected chi connectivity index (χ3v) is 3.25. The SMILES string of the molecule is CC(=O)Nc1cc(Cl)ccc1NC(=O)Cc1cccc(C)c1. The van der Waals surface area contributed by atoms with Crippen LogP contribution in [0, 0.1) is 6.92 Å². The van der Waals surface area contributed by atoms with Gasteiger partial charge in [-0.2, -0.15) is 0 Å². The molecule has 2 N–H and O–H groups in total. The third-order valence-electron chi connectivity index (χ3n) is 3.01. The molecule has 2 aromatic carbocycles. The molecule has 0 saturated heterocycles. The Labute approximate surface area is 134 Å². The molecule has 2 amide bonds. The summed E-state index contributed by atoms with van der Waals surface area (Å²) in [7, 11) is 0. The molecule has 0 spiro atoms. The van der Waals surface area contributed by atoms with Gasteiger partial charge in [0.05, 0.1) is 17.8 Å². The molecule has 0 aliphatic rings. The molecule has 5 heteroatoms. The fourth-order valence-corrected chi connectivity index (χ4v) is 2.29. The van der Waals surface area contributed by atoms with Gasteiger partial charge in [-0.25, -0.2) is 0 Å². The fraction of sp³-hybridized carbons (Fsp3) is 0.176. The number of anilines is 2. The highest BCUT2D eigenvalue weighted by Gasteiger charge is 2.09. The molecule has 0 aliphatic carbocycles. The molecule has 0 heterocycles. The maximum Gasteiger partial charge on any atom is 0.228 e. The van der Waals surface area contributed by atoms with Crippen LogP contribution in [0.5, 0.6) is 0 Å². The molecule has 0 aliphatic heterocycles. The van der Waals surface area contributed by atoms with E-state index in [1.165, 1.54) is 6.92 Å². The minimum Gasteiger partial charge on any atom is -0.324 e. The van der Waals surface area contributed by atoms with Crippen LogP contribution < -0.4 is 10.6 Å². The van der Waals surface area contributed by atoms with Gasteiger partial charge in [-0.15, -0.1) is 0 Å². The number of carbonyl (C=O) groups excluding carboxylic acids is 2. The molecule has 0 saturated carbocycles. The predicted molar refractivity (Wildman–Crippen MR) is 89.3 cm³/mol. The maximum absolute atomic E-state index is 12.2. The van der Waals surface area contributed by atoms with Crippen molar-refractivity contribution in [2.75, 3.05) is 10.6 Å². The van der Waals surface area contributed by atoms with Gasteiger partial charge in [-0.1, -0.05) is 41.4 Å². The van der Waals surface area contributed by atoms with E-state index in [1.807, 2.05) is 31.2 Å². The lowest BCUT2D eigenvalue weighted by molar-refractivity contribution is -0.116. The van der Waals surface area contributed by atoms with Crippen molar-refractivity contribution in [3.8, 4) is 0 Å². The van der Waals surface area contributed by atoms with Crippen molar-refractivity contribution in [1.29, 1.82) is 0 Å². The minimum absolute atomic E-state index is 0.153. The van der Waals surface area contributed by atoms with Gasteiger partial charge in [0.15, 0.2) is 0 Å². The highest BCUT2D eigenvalue weighted by atomic mass is 35.5. The van der Waals surface area contributed by atoms with Crippen LogP contribution in [0.3, 0.4) is 0 Å². The second kappa shape index (κ2) is 7.09. The van der Waals surface area contributed by atoms with Crippen LogP contribution in [-0.2, 0) is 16.0 Å². The molecular weight excluding hydrogens is 300 g/mol. The molecular formula is C17H17ClN2O2. The van der Waals surface area contributed by atoms with Gasteiger partial charge >= 0.3 is 0 Å². The number of hydrogen-bond donors (Lipinski definition) is 2. The number of carbonyl (C=O) groups is 2. The summed E-state index contributed by atoms with van der Waals surface area (Å²) in [6, 6.07) is 12.7. The van der Waals surface area contributed by atoms with E-state index in [2.05, 4.69) is 10.6 Å². The number of hydrogen-bond acceptors (Lipinski definition) is 2. The second-order valence-corrected chi connectivity index (χ2v) is 5.52. The van der Waals surface area contributed by atoms with E-state index in [0.717, 1.165) is 11.1 Å². The van der Waals surface area contributed by atoms with E-state index in [4.69, 9.17) is 11.6 Å². The number of rotatable bonds is 4. The van der Waals surface area contributed by atoms with Crippen molar-refractivity contribution in [3.05, 3.63) is 58.6 Å². The summed E-state index contributed by atoms with van der Waals surface area (Å²) in [5.74, 6) is -0.379. The zero-order chi connectivity index (χ0) is 16.1. The Morgan fingerprint density at radius 1 is 1.05 bits per heavy atom. The summed E-state index contributed by atoms with van der Waals surface area (Å²) < 4.78 is 0. The Morgan fingerprint density at radius 3 is 2.50 bits per heavy atom. The molecule has 22 heavy (non-hydrogen) atoms. The Hall–Kier alpha value is -2.33. The first-order valence-electron chi connectivity index (χ1n) is 6.86. The van der Waals surface area contributed by atoms with Gasteiger partial charge in [-0.3, -0.25) is 9.59 Å². The number of amides is 2. The van der Waals surface area contributed by atoms with Gasteiger partial charge < -0.3 is 10.6 Å². The molecule has 2 aromatic rings. The van der Waals surface area contributed by atoms with Gasteiger partial charge in [0, 0.05) is 11.9 Å². The van der Waals surface area contributed by atoms with Crippen LogP contribution in [0.25, 0.3) is 0 Å². The summed E-state index contributed by atoms with van der Waals surface area (Å²) in [4.78, 5) is 23.4. The first-order chi connectivity index (χ1) is 10.4. The zero-order valence-corrected chi connectivity index (χ0v) is 13.2. The lowest BCUT2D eigenvalue weighted by Gasteiger charge is -2.12. The number of halogens is 1. The van der Waals surface area contributed by atoms with Gasteiger partial charge in [0.2, 0.25) is 11.8 Å². The van der Waals surface area contributed by atoms with Crippen LogP contribution in [-0.4, -0.2) is 11.8 Å². The number of benzene rings is 2. The molecule has 0 bridgehead atoms. The van der Waals surface area contributed by atoms with Crippen molar-refractivity contribution in [3.63, 3.8) is 0 Å². The highest BCUT2D eigenvalue weighted by Crippen LogP contribution is 2.26. The van der Waals surface area contributed by atoms with Crippen LogP contribution in [0.4, 0.5) is 11.4 Å². The topological polar surface area (TPSA) is 58.2 Å². The highest BCUT2D eigenvalue weighted by molar-refractivity contribution is 6.31. The minimum atomic E-state index is -0.226. The lowest BCUT2D eigenvalue weighted by Crippen LogP contribution is -2.17. The van der Waals surface area contributed by atoms with E-state index in [1.54, 1.807) is 18.2 Å². The van der Waals surface area contributed by atoms with Crippen LogP contribution in [0.2, 0.25) is 5.02 Å². The first kappa shape index (κ1) is 16.0. The standard InChI is InChI=1S/C17H17ClN2O2/c1-11-4-3-5-13(8-11)9-17(22)20-15-7-6-14(18)10-16(15)19-12(2)21/h3-8,10H,9H2,1-2H3,(H,19,21)(H,20,22). The largest absolute Gasteiger partial charge is 0.324 e. The van der Waals surface area contributed by atoms with E-state index >= 15 is 0 Å². The van der Waals surface area contributed by atoms with Crippen molar-refractivity contribution in [2.45, 2.75) is 20.3 Å². The van der Waals surface area contributed by atoms with Crippen LogP contribution >= 0.6 is 11.6 Å². The predicted octanol–water partition coefficient (Wildman–Crippen LogP) is 3.79. The van der Waals surface area contributed by atoms with E-state index < -0.39 is 0 Å². The quantitative estimate of drug-likeness (QED) is 0.901. The summed E-state index contributed by atoms with van der Waals surface area (Å²) in [6.07, 6.45) is 0.268. The summed E-state index contributed by atoms with van der Waals surface area (Å²) in [5.41, 5.74) is 3.05. The average molecular weight is 317 g/mol. The van der Waals surface area contributed by atoms with Crippen LogP contribution in [0.1, 0.15) is 18.1 Å². The Balaban J connectivity index is 2.12. The Kier molecular flexibility index (Phi) is 5.17. The fourth-order valence-electron chi connectivity index (χ4n) is 2.12. The molecule has 0 fully saturated rings. The van der Waals surface area contributed by atoms with Gasteiger partial charge in [0.25, 0.3) is 0 Å². The monoisotopic (exact) mass is 316 g/mol. The molecule has 0 atom stereocenters. The average Bonchev–Trinajstić information content (AvgIpc) is 2.41. The lowest BCUT2D eigenvalue weighted by atomic mass is 10.1. The van der Waals surface area contributed by atoms with E-state index in [0.29, 0.717) is 16.4 Å². The van der Waals surface area contributed by atoms with Crippen molar-refractivity contribution in [2.24, 2.45) is 0 Å². The molecule has 4 nitrogen and oxygen atoms in total. The maximum atomic E-state index is 12.2. The number of aryl methyl sites for hydroxylation is 1. The third kappa shape index (κ3) is 4.60. The molecule has 2 rings (SSSR count). The summed E-state index contributed by atoms with van der Waals surface area (Å²) in [6.45, 7) is 3.38. The first-order valence-corrected chi connectivity index (χ1v) is 7.24. The normalized spacial score (nSPS) is 10.1. The molecule has 0 radical (unpaired) electrons. The van der Waals surface area contributed by atoms with E-state index in [-0.39, 0.29) is 18.2 Å². The van der Waals surface area contributed by atoms with Crippen molar-refractivity contribution >= 4 is 34.8 Å². The Morgan fingerprint density at radius 2 is 1.82 bits per heavy atom. The van der Waals surface area contributed by atoms with E-state index in [9.17, 15) is 9.59 Å².